The highest BCUT2D eigenvalue weighted by molar-refractivity contribution is 7.80. The zero-order valence-electron chi connectivity index (χ0n) is 8.60. The van der Waals surface area contributed by atoms with Gasteiger partial charge in [-0.05, 0) is 24.4 Å². The molecule has 1 aromatic rings. The molecule has 0 spiro atoms. The van der Waals surface area contributed by atoms with Crippen LogP contribution < -0.4 is 10.6 Å². The number of cyclic esters (lactones) is 1. The van der Waals surface area contributed by atoms with Gasteiger partial charge in [0.2, 0.25) is 0 Å². The standard InChI is InChI=1S/C11H12N2O2S/c14-10-9(6-7-15-10)13-11(16)12-8-4-2-1-3-5-8/h1-5,9H,6-7H2,(H2,12,13,16). The first kappa shape index (κ1) is 10.9. The Morgan fingerprint density at radius 1 is 1.38 bits per heavy atom. The van der Waals surface area contributed by atoms with E-state index in [9.17, 15) is 4.79 Å². The number of ether oxygens (including phenoxy) is 1. The summed E-state index contributed by atoms with van der Waals surface area (Å²) in [4.78, 5) is 11.2. The van der Waals surface area contributed by atoms with E-state index in [-0.39, 0.29) is 12.0 Å². The van der Waals surface area contributed by atoms with Crippen LogP contribution in [0.2, 0.25) is 0 Å². The zero-order valence-corrected chi connectivity index (χ0v) is 9.42. The van der Waals surface area contributed by atoms with E-state index < -0.39 is 0 Å². The molecule has 0 aliphatic carbocycles. The molecule has 84 valence electrons. The van der Waals surface area contributed by atoms with Gasteiger partial charge >= 0.3 is 5.97 Å². The molecule has 1 aromatic carbocycles. The van der Waals surface area contributed by atoms with Crippen molar-refractivity contribution in [3.63, 3.8) is 0 Å². The molecule has 1 aliphatic rings. The van der Waals surface area contributed by atoms with Gasteiger partial charge in [0.15, 0.2) is 5.11 Å². The van der Waals surface area contributed by atoms with Crippen LogP contribution in [-0.4, -0.2) is 23.7 Å². The van der Waals surface area contributed by atoms with Crippen molar-refractivity contribution >= 4 is 29.0 Å². The number of hydrogen-bond donors (Lipinski definition) is 2. The van der Waals surface area contributed by atoms with Gasteiger partial charge in [-0.25, -0.2) is 4.79 Å². The fraction of sp³-hybridized carbons (Fsp3) is 0.273. The Balaban J connectivity index is 1.87. The van der Waals surface area contributed by atoms with Crippen LogP contribution in [0.1, 0.15) is 6.42 Å². The molecule has 16 heavy (non-hydrogen) atoms. The van der Waals surface area contributed by atoms with E-state index in [4.69, 9.17) is 17.0 Å². The minimum Gasteiger partial charge on any atom is -0.464 e. The highest BCUT2D eigenvalue weighted by Gasteiger charge is 2.26. The van der Waals surface area contributed by atoms with Crippen molar-refractivity contribution in [2.75, 3.05) is 11.9 Å². The first-order valence-electron chi connectivity index (χ1n) is 5.05. The van der Waals surface area contributed by atoms with E-state index in [2.05, 4.69) is 10.6 Å². The number of anilines is 1. The molecule has 5 heteroatoms. The van der Waals surface area contributed by atoms with Crippen molar-refractivity contribution in [2.24, 2.45) is 0 Å². The summed E-state index contributed by atoms with van der Waals surface area (Å²) >= 11 is 5.10. The second-order valence-electron chi connectivity index (χ2n) is 3.47. The second-order valence-corrected chi connectivity index (χ2v) is 3.88. The lowest BCUT2D eigenvalue weighted by Gasteiger charge is -2.12. The Hall–Kier alpha value is -1.62. The average Bonchev–Trinajstić information content (AvgIpc) is 2.66. The van der Waals surface area contributed by atoms with E-state index >= 15 is 0 Å². The molecule has 1 atom stereocenters. The van der Waals surface area contributed by atoms with Gasteiger partial charge in [-0.3, -0.25) is 0 Å². The number of carbonyl (C=O) groups is 1. The molecule has 2 rings (SSSR count). The Morgan fingerprint density at radius 2 is 2.12 bits per heavy atom. The molecule has 0 radical (unpaired) electrons. The van der Waals surface area contributed by atoms with Crippen molar-refractivity contribution in [1.29, 1.82) is 0 Å². The van der Waals surface area contributed by atoms with E-state index in [1.165, 1.54) is 0 Å². The van der Waals surface area contributed by atoms with E-state index in [0.717, 1.165) is 5.69 Å². The summed E-state index contributed by atoms with van der Waals surface area (Å²) in [6.07, 6.45) is 0.662. The third kappa shape index (κ3) is 2.70. The van der Waals surface area contributed by atoms with Gasteiger partial charge in [-0.2, -0.15) is 0 Å². The number of rotatable bonds is 2. The van der Waals surface area contributed by atoms with Gasteiger partial charge in [0.1, 0.15) is 6.04 Å². The monoisotopic (exact) mass is 236 g/mol. The van der Waals surface area contributed by atoms with Crippen LogP contribution in [-0.2, 0) is 9.53 Å². The zero-order chi connectivity index (χ0) is 11.4. The van der Waals surface area contributed by atoms with Crippen LogP contribution in [0.25, 0.3) is 0 Å². The number of thiocarbonyl (C=S) groups is 1. The fourth-order valence-electron chi connectivity index (χ4n) is 1.47. The van der Waals surface area contributed by atoms with E-state index in [0.29, 0.717) is 18.1 Å². The summed E-state index contributed by atoms with van der Waals surface area (Å²) in [5.41, 5.74) is 0.895. The quantitative estimate of drug-likeness (QED) is 0.598. The van der Waals surface area contributed by atoms with Crippen molar-refractivity contribution in [3.05, 3.63) is 30.3 Å². The second kappa shape index (κ2) is 4.94. The topological polar surface area (TPSA) is 50.4 Å². The molecule has 0 bridgehead atoms. The molecule has 1 heterocycles. The van der Waals surface area contributed by atoms with Crippen LogP contribution in [0.4, 0.5) is 5.69 Å². The van der Waals surface area contributed by atoms with Crippen molar-refractivity contribution < 1.29 is 9.53 Å². The third-order valence-corrected chi connectivity index (χ3v) is 2.49. The van der Waals surface area contributed by atoms with Crippen LogP contribution in [0, 0.1) is 0 Å². The van der Waals surface area contributed by atoms with Gasteiger partial charge in [0.25, 0.3) is 0 Å². The number of carbonyl (C=O) groups excluding carboxylic acids is 1. The maximum absolute atomic E-state index is 11.2. The molecule has 0 amide bonds. The molecule has 1 unspecified atom stereocenters. The lowest BCUT2D eigenvalue weighted by atomic mass is 10.2. The van der Waals surface area contributed by atoms with Crippen molar-refractivity contribution in [3.8, 4) is 0 Å². The molecular formula is C11H12N2O2S. The molecular weight excluding hydrogens is 224 g/mol. The van der Waals surface area contributed by atoms with Gasteiger partial charge in [0, 0.05) is 12.1 Å². The highest BCUT2D eigenvalue weighted by Crippen LogP contribution is 2.08. The number of para-hydroxylation sites is 1. The lowest BCUT2D eigenvalue weighted by Crippen LogP contribution is -2.40. The van der Waals surface area contributed by atoms with Gasteiger partial charge in [-0.15, -0.1) is 0 Å². The summed E-state index contributed by atoms with van der Waals surface area (Å²) < 4.78 is 4.83. The van der Waals surface area contributed by atoms with Crippen LogP contribution in [0.3, 0.4) is 0 Å². The number of esters is 1. The van der Waals surface area contributed by atoms with Crippen LogP contribution >= 0.6 is 12.2 Å². The molecule has 0 saturated carbocycles. The maximum atomic E-state index is 11.2. The summed E-state index contributed by atoms with van der Waals surface area (Å²) in [5, 5.41) is 6.36. The third-order valence-electron chi connectivity index (χ3n) is 2.27. The Morgan fingerprint density at radius 3 is 2.75 bits per heavy atom. The highest BCUT2D eigenvalue weighted by atomic mass is 32.1. The van der Waals surface area contributed by atoms with E-state index in [1.807, 2.05) is 30.3 Å². The Kier molecular flexibility index (Phi) is 3.36. The van der Waals surface area contributed by atoms with Gasteiger partial charge < -0.3 is 15.4 Å². The smallest absolute Gasteiger partial charge is 0.328 e. The molecule has 4 nitrogen and oxygen atoms in total. The molecule has 0 aromatic heterocycles. The number of hydrogen-bond acceptors (Lipinski definition) is 3. The summed E-state index contributed by atoms with van der Waals surface area (Å²) in [5.74, 6) is -0.239. The van der Waals surface area contributed by atoms with Gasteiger partial charge in [0.05, 0.1) is 6.61 Å². The summed E-state index contributed by atoms with van der Waals surface area (Å²) in [6.45, 7) is 0.463. The van der Waals surface area contributed by atoms with Gasteiger partial charge in [-0.1, -0.05) is 18.2 Å². The predicted octanol–water partition coefficient (Wildman–Crippen LogP) is 1.29. The minimum absolute atomic E-state index is 0.239. The van der Waals surface area contributed by atoms with Crippen LogP contribution in [0.5, 0.6) is 0 Å². The Bertz CT molecular complexity index is 394. The largest absolute Gasteiger partial charge is 0.464 e. The van der Waals surface area contributed by atoms with Crippen molar-refractivity contribution in [1.82, 2.24) is 5.32 Å². The maximum Gasteiger partial charge on any atom is 0.328 e. The SMILES string of the molecule is O=C1OCCC1NC(=S)Nc1ccccc1. The molecule has 2 N–H and O–H groups in total. The minimum atomic E-state index is -0.316. The van der Waals surface area contributed by atoms with Crippen molar-refractivity contribution in [2.45, 2.75) is 12.5 Å². The first-order valence-corrected chi connectivity index (χ1v) is 5.46. The average molecular weight is 236 g/mol. The number of benzene rings is 1. The van der Waals surface area contributed by atoms with E-state index in [1.54, 1.807) is 0 Å². The first-order chi connectivity index (χ1) is 7.75. The number of nitrogens with one attached hydrogen (secondary N) is 2. The Labute approximate surface area is 99.0 Å². The fourth-order valence-corrected chi connectivity index (χ4v) is 1.73. The predicted molar refractivity (Wildman–Crippen MR) is 65.2 cm³/mol. The normalized spacial score (nSPS) is 19.0. The molecule has 1 aliphatic heterocycles. The lowest BCUT2D eigenvalue weighted by molar-refractivity contribution is -0.139. The van der Waals surface area contributed by atoms with Crippen LogP contribution in [0.15, 0.2) is 30.3 Å². The summed E-state index contributed by atoms with van der Waals surface area (Å²) in [6, 6.07) is 9.24. The summed E-state index contributed by atoms with van der Waals surface area (Å²) in [7, 11) is 0. The molecule has 1 fully saturated rings. The molecule has 1 saturated heterocycles.